The highest BCUT2D eigenvalue weighted by molar-refractivity contribution is 6.30. The minimum atomic E-state index is -0.244. The second-order valence-electron chi connectivity index (χ2n) is 5.79. The Morgan fingerprint density at radius 2 is 1.74 bits per heavy atom. The van der Waals surface area contributed by atoms with Crippen LogP contribution in [0.15, 0.2) is 48.5 Å². The molecule has 1 amide bonds. The Balaban J connectivity index is 2.15. The van der Waals surface area contributed by atoms with Gasteiger partial charge in [-0.3, -0.25) is 4.79 Å². The molecule has 0 aromatic heterocycles. The van der Waals surface area contributed by atoms with Gasteiger partial charge in [-0.1, -0.05) is 49.7 Å². The predicted octanol–water partition coefficient (Wildman–Crippen LogP) is 4.78. The van der Waals surface area contributed by atoms with Crippen LogP contribution in [0.5, 0.6) is 0 Å². The third-order valence-electron chi connectivity index (χ3n) is 3.68. The number of halogens is 1. The van der Waals surface area contributed by atoms with E-state index < -0.39 is 0 Å². The molecule has 0 unspecified atom stereocenters. The van der Waals surface area contributed by atoms with Crippen LogP contribution in [0, 0.1) is 17.2 Å². The van der Waals surface area contributed by atoms with Gasteiger partial charge in [-0.15, -0.1) is 0 Å². The van der Waals surface area contributed by atoms with Crippen molar-refractivity contribution in [1.29, 1.82) is 5.26 Å². The highest BCUT2D eigenvalue weighted by Gasteiger charge is 2.24. The van der Waals surface area contributed by atoms with Gasteiger partial charge in [-0.2, -0.15) is 5.26 Å². The van der Waals surface area contributed by atoms with Crippen LogP contribution in [0.25, 0.3) is 0 Å². The molecule has 0 fully saturated rings. The summed E-state index contributed by atoms with van der Waals surface area (Å²) in [5.41, 5.74) is 2.61. The van der Waals surface area contributed by atoms with Gasteiger partial charge < -0.3 is 5.32 Å². The lowest BCUT2D eigenvalue weighted by Gasteiger charge is -2.21. The normalized spacial score (nSPS) is 11.8. The summed E-state index contributed by atoms with van der Waals surface area (Å²) in [6.07, 6.45) is 0.369. The summed E-state index contributed by atoms with van der Waals surface area (Å²) in [6, 6.07) is 16.8. The predicted molar refractivity (Wildman–Crippen MR) is 93.4 cm³/mol. The topological polar surface area (TPSA) is 52.9 Å². The van der Waals surface area contributed by atoms with Crippen molar-refractivity contribution in [3.8, 4) is 6.07 Å². The number of benzene rings is 2. The molecule has 1 atom stereocenters. The van der Waals surface area contributed by atoms with Crippen molar-refractivity contribution in [2.75, 3.05) is 5.32 Å². The van der Waals surface area contributed by atoms with Gasteiger partial charge in [0.15, 0.2) is 0 Å². The molecule has 23 heavy (non-hydrogen) atoms. The van der Waals surface area contributed by atoms with Gasteiger partial charge in [0, 0.05) is 10.7 Å². The minimum absolute atomic E-state index is 0.0460. The van der Waals surface area contributed by atoms with Crippen LogP contribution in [0.4, 0.5) is 5.69 Å². The number of hydrogen-bond acceptors (Lipinski definition) is 2. The fourth-order valence-corrected chi connectivity index (χ4v) is 2.65. The Hall–Kier alpha value is -2.31. The number of anilines is 1. The number of hydrogen-bond donors (Lipinski definition) is 1. The van der Waals surface area contributed by atoms with Gasteiger partial charge in [-0.05, 0) is 41.3 Å². The lowest BCUT2D eigenvalue weighted by atomic mass is 9.87. The van der Waals surface area contributed by atoms with E-state index in [-0.39, 0.29) is 17.7 Å². The van der Waals surface area contributed by atoms with Crippen molar-refractivity contribution >= 4 is 23.2 Å². The number of nitrogens with one attached hydrogen (secondary N) is 1. The first kappa shape index (κ1) is 17.1. The molecular formula is C19H19ClN2O. The van der Waals surface area contributed by atoms with Crippen molar-refractivity contribution < 1.29 is 4.79 Å². The van der Waals surface area contributed by atoms with Crippen LogP contribution < -0.4 is 5.32 Å². The van der Waals surface area contributed by atoms with E-state index in [1.807, 2.05) is 50.2 Å². The second kappa shape index (κ2) is 7.80. The summed E-state index contributed by atoms with van der Waals surface area (Å²) >= 11 is 5.92. The molecule has 0 bridgehead atoms. The summed E-state index contributed by atoms with van der Waals surface area (Å²) in [6.45, 7) is 4.05. The van der Waals surface area contributed by atoms with Gasteiger partial charge in [0.2, 0.25) is 5.91 Å². The fraction of sp³-hybridized carbons (Fsp3) is 0.263. The van der Waals surface area contributed by atoms with Crippen LogP contribution in [0.3, 0.4) is 0 Å². The van der Waals surface area contributed by atoms with Crippen LogP contribution in [-0.2, 0) is 11.2 Å². The summed E-state index contributed by atoms with van der Waals surface area (Å²) < 4.78 is 0. The maximum absolute atomic E-state index is 12.7. The summed E-state index contributed by atoms with van der Waals surface area (Å²) in [5.74, 6) is -0.129. The standard InChI is InChI=1S/C19H19ClN2O/c1-13(2)18(15-5-7-16(20)8-6-15)19(23)22-17-9-3-14(4-10-17)11-12-21/h3-10,13,18H,11H2,1-2H3,(H,22,23)/t18-/m1/s1. The van der Waals surface area contributed by atoms with Crippen molar-refractivity contribution in [1.82, 2.24) is 0 Å². The molecule has 3 nitrogen and oxygen atoms in total. The van der Waals surface area contributed by atoms with E-state index in [1.54, 1.807) is 12.1 Å². The minimum Gasteiger partial charge on any atom is -0.326 e. The van der Waals surface area contributed by atoms with E-state index in [0.717, 1.165) is 16.8 Å². The third-order valence-corrected chi connectivity index (χ3v) is 3.93. The quantitative estimate of drug-likeness (QED) is 0.859. The zero-order valence-corrected chi connectivity index (χ0v) is 14.0. The van der Waals surface area contributed by atoms with Crippen molar-refractivity contribution in [2.45, 2.75) is 26.2 Å². The zero-order valence-electron chi connectivity index (χ0n) is 13.2. The van der Waals surface area contributed by atoms with E-state index in [2.05, 4.69) is 11.4 Å². The first-order chi connectivity index (χ1) is 11.0. The van der Waals surface area contributed by atoms with E-state index in [9.17, 15) is 4.79 Å². The monoisotopic (exact) mass is 326 g/mol. The lowest BCUT2D eigenvalue weighted by Crippen LogP contribution is -2.25. The molecule has 0 radical (unpaired) electrons. The molecule has 2 rings (SSSR count). The Kier molecular flexibility index (Phi) is 5.78. The summed E-state index contributed by atoms with van der Waals surface area (Å²) in [4.78, 5) is 12.7. The molecule has 0 saturated heterocycles. The van der Waals surface area contributed by atoms with Gasteiger partial charge in [0.1, 0.15) is 0 Å². The Morgan fingerprint density at radius 3 is 2.26 bits per heavy atom. The van der Waals surface area contributed by atoms with Gasteiger partial charge >= 0.3 is 0 Å². The molecule has 2 aromatic rings. The second-order valence-corrected chi connectivity index (χ2v) is 6.23. The molecule has 1 N–H and O–H groups in total. The van der Waals surface area contributed by atoms with E-state index in [4.69, 9.17) is 16.9 Å². The smallest absolute Gasteiger partial charge is 0.232 e. The number of amides is 1. The highest BCUT2D eigenvalue weighted by Crippen LogP contribution is 2.27. The molecule has 0 saturated carbocycles. The molecule has 0 aliphatic heterocycles. The van der Waals surface area contributed by atoms with E-state index in [0.29, 0.717) is 11.4 Å². The third kappa shape index (κ3) is 4.58. The lowest BCUT2D eigenvalue weighted by molar-refractivity contribution is -0.118. The first-order valence-corrected chi connectivity index (χ1v) is 7.91. The average Bonchev–Trinajstić information content (AvgIpc) is 2.51. The van der Waals surface area contributed by atoms with Gasteiger partial charge in [-0.25, -0.2) is 0 Å². The Morgan fingerprint density at radius 1 is 1.13 bits per heavy atom. The van der Waals surface area contributed by atoms with Crippen molar-refractivity contribution in [3.05, 3.63) is 64.7 Å². The largest absolute Gasteiger partial charge is 0.326 e. The molecule has 0 spiro atoms. The number of carbonyl (C=O) groups is 1. The molecule has 2 aromatic carbocycles. The molecule has 0 aliphatic carbocycles. The SMILES string of the molecule is CC(C)[C@@H](C(=O)Nc1ccc(CC#N)cc1)c1ccc(Cl)cc1. The Bertz CT molecular complexity index is 700. The first-order valence-electron chi connectivity index (χ1n) is 7.53. The number of nitrogens with zero attached hydrogens (tertiary/aromatic N) is 1. The Labute approximate surface area is 141 Å². The van der Waals surface area contributed by atoms with Crippen LogP contribution in [0.1, 0.15) is 30.9 Å². The van der Waals surface area contributed by atoms with E-state index in [1.165, 1.54) is 0 Å². The van der Waals surface area contributed by atoms with Crippen molar-refractivity contribution in [2.24, 2.45) is 5.92 Å². The number of rotatable bonds is 5. The van der Waals surface area contributed by atoms with Gasteiger partial charge in [0.25, 0.3) is 0 Å². The maximum atomic E-state index is 12.7. The number of nitriles is 1. The summed E-state index contributed by atoms with van der Waals surface area (Å²) in [5, 5.41) is 12.3. The van der Waals surface area contributed by atoms with Gasteiger partial charge in [0.05, 0.1) is 18.4 Å². The molecule has 0 aliphatic rings. The van der Waals surface area contributed by atoms with Crippen LogP contribution >= 0.6 is 11.6 Å². The molecule has 118 valence electrons. The average molecular weight is 327 g/mol. The van der Waals surface area contributed by atoms with Crippen LogP contribution in [0.2, 0.25) is 5.02 Å². The molecule has 4 heteroatoms. The molecule has 0 heterocycles. The highest BCUT2D eigenvalue weighted by atomic mass is 35.5. The fourth-order valence-electron chi connectivity index (χ4n) is 2.53. The summed E-state index contributed by atoms with van der Waals surface area (Å²) in [7, 11) is 0. The van der Waals surface area contributed by atoms with Crippen molar-refractivity contribution in [3.63, 3.8) is 0 Å². The molecular weight excluding hydrogens is 308 g/mol. The van der Waals surface area contributed by atoms with E-state index >= 15 is 0 Å². The maximum Gasteiger partial charge on any atom is 0.232 e. The van der Waals surface area contributed by atoms with Crippen LogP contribution in [-0.4, -0.2) is 5.91 Å². The zero-order chi connectivity index (χ0) is 16.8. The number of carbonyl (C=O) groups excluding carboxylic acids is 1.